The van der Waals surface area contributed by atoms with Gasteiger partial charge in [-0.3, -0.25) is 4.79 Å². The summed E-state index contributed by atoms with van der Waals surface area (Å²) >= 11 is 0. The number of rotatable bonds is 5. The van der Waals surface area contributed by atoms with Crippen LogP contribution in [0.5, 0.6) is 0 Å². The van der Waals surface area contributed by atoms with Crippen molar-refractivity contribution in [2.24, 2.45) is 5.92 Å². The maximum Gasteiger partial charge on any atom is 0.239 e. The second-order valence-electron chi connectivity index (χ2n) is 5.23. The van der Waals surface area contributed by atoms with Crippen LogP contribution < -0.4 is 5.32 Å². The van der Waals surface area contributed by atoms with Crippen LogP contribution >= 0.6 is 0 Å². The third-order valence-corrected chi connectivity index (χ3v) is 3.79. The minimum Gasteiger partial charge on any atom is -0.341 e. The molecule has 1 fully saturated rings. The zero-order valence-corrected chi connectivity index (χ0v) is 10.8. The average Bonchev–Trinajstić information content (AvgIpc) is 2.70. The van der Waals surface area contributed by atoms with Crippen molar-refractivity contribution in [2.75, 3.05) is 19.6 Å². The summed E-state index contributed by atoms with van der Waals surface area (Å²) in [5, 5.41) is 3.34. The molecule has 0 aromatic carbocycles. The molecule has 17 heavy (non-hydrogen) atoms. The molecule has 96 valence electrons. The normalized spacial score (nSPS) is 29.0. The first-order valence-electron chi connectivity index (χ1n) is 6.98. The van der Waals surface area contributed by atoms with Crippen LogP contribution in [-0.2, 0) is 4.79 Å². The first kappa shape index (κ1) is 12.6. The maximum absolute atomic E-state index is 12.1. The molecule has 3 nitrogen and oxygen atoms in total. The highest BCUT2D eigenvalue weighted by molar-refractivity contribution is 5.83. The highest BCUT2D eigenvalue weighted by Crippen LogP contribution is 2.22. The Balaban J connectivity index is 1.78. The van der Waals surface area contributed by atoms with E-state index in [4.69, 9.17) is 0 Å². The second-order valence-corrected chi connectivity index (χ2v) is 5.23. The molecule has 2 aliphatic rings. The van der Waals surface area contributed by atoms with Crippen molar-refractivity contribution in [3.05, 3.63) is 12.2 Å². The molecule has 0 spiro atoms. The van der Waals surface area contributed by atoms with Gasteiger partial charge in [-0.15, -0.1) is 0 Å². The highest BCUT2D eigenvalue weighted by atomic mass is 16.2. The zero-order valence-electron chi connectivity index (χ0n) is 10.8. The molecule has 2 rings (SSSR count). The lowest BCUT2D eigenvalue weighted by Gasteiger charge is -2.24. The van der Waals surface area contributed by atoms with E-state index in [9.17, 15) is 4.79 Å². The monoisotopic (exact) mass is 236 g/mol. The van der Waals surface area contributed by atoms with E-state index in [1.807, 2.05) is 0 Å². The predicted octanol–water partition coefficient (Wildman–Crippen LogP) is 1.94. The number of carbonyl (C=O) groups is 1. The molecule has 1 N–H and O–H groups in total. The zero-order chi connectivity index (χ0) is 12.1. The Hall–Kier alpha value is -0.830. The fourth-order valence-corrected chi connectivity index (χ4v) is 2.76. The van der Waals surface area contributed by atoms with E-state index in [-0.39, 0.29) is 6.04 Å². The van der Waals surface area contributed by atoms with Crippen molar-refractivity contribution in [1.82, 2.24) is 10.2 Å². The largest absolute Gasteiger partial charge is 0.341 e. The topological polar surface area (TPSA) is 32.3 Å². The Morgan fingerprint density at radius 3 is 3.00 bits per heavy atom. The smallest absolute Gasteiger partial charge is 0.239 e. The molecular formula is C14H24N2O. The van der Waals surface area contributed by atoms with E-state index in [1.54, 1.807) is 0 Å². The van der Waals surface area contributed by atoms with E-state index in [2.05, 4.69) is 29.3 Å². The molecule has 1 aliphatic carbocycles. The molecule has 0 saturated carbocycles. The standard InChI is InChI=1S/C14H24N2O/c1-2-9-15-13-8-10-16(14(13)17)11-12-6-4-3-5-7-12/h3-4,12-13,15H,2,5-11H2,1H3. The number of allylic oxidation sites excluding steroid dienone is 2. The van der Waals surface area contributed by atoms with E-state index in [0.29, 0.717) is 11.8 Å². The number of nitrogens with one attached hydrogen (secondary N) is 1. The van der Waals surface area contributed by atoms with Crippen LogP contribution in [-0.4, -0.2) is 36.5 Å². The lowest BCUT2D eigenvalue weighted by atomic mass is 9.94. The summed E-state index contributed by atoms with van der Waals surface area (Å²) in [6.45, 7) is 5.00. The summed E-state index contributed by atoms with van der Waals surface area (Å²) in [7, 11) is 0. The van der Waals surface area contributed by atoms with Crippen LogP contribution in [0.2, 0.25) is 0 Å². The summed E-state index contributed by atoms with van der Waals surface area (Å²) < 4.78 is 0. The minimum absolute atomic E-state index is 0.0917. The van der Waals surface area contributed by atoms with E-state index in [1.165, 1.54) is 12.8 Å². The minimum atomic E-state index is 0.0917. The molecule has 1 saturated heterocycles. The lowest BCUT2D eigenvalue weighted by molar-refractivity contribution is -0.130. The van der Waals surface area contributed by atoms with Gasteiger partial charge < -0.3 is 10.2 Å². The first-order valence-corrected chi connectivity index (χ1v) is 6.98. The summed E-state index contributed by atoms with van der Waals surface area (Å²) in [5.74, 6) is 1.02. The van der Waals surface area contributed by atoms with Gasteiger partial charge in [-0.25, -0.2) is 0 Å². The molecule has 3 heteroatoms. The third-order valence-electron chi connectivity index (χ3n) is 3.79. The molecular weight excluding hydrogens is 212 g/mol. The number of likely N-dealkylation sites (tertiary alicyclic amines) is 1. The second kappa shape index (κ2) is 6.20. The quantitative estimate of drug-likeness (QED) is 0.740. The summed E-state index contributed by atoms with van der Waals surface area (Å²) in [5.41, 5.74) is 0. The summed E-state index contributed by atoms with van der Waals surface area (Å²) in [6.07, 6.45) is 10.2. The van der Waals surface area contributed by atoms with Crippen molar-refractivity contribution in [3.63, 3.8) is 0 Å². The molecule has 0 radical (unpaired) electrons. The van der Waals surface area contributed by atoms with Crippen LogP contribution in [0.1, 0.15) is 39.0 Å². The molecule has 1 heterocycles. The van der Waals surface area contributed by atoms with Gasteiger partial charge in [0.1, 0.15) is 0 Å². The Labute approximate surface area is 104 Å². The molecule has 1 amide bonds. The Morgan fingerprint density at radius 2 is 2.29 bits per heavy atom. The third kappa shape index (κ3) is 3.32. The van der Waals surface area contributed by atoms with Gasteiger partial charge in [0.25, 0.3) is 0 Å². The van der Waals surface area contributed by atoms with Gasteiger partial charge in [0, 0.05) is 13.1 Å². The van der Waals surface area contributed by atoms with Crippen LogP contribution in [0.15, 0.2) is 12.2 Å². The fraction of sp³-hybridized carbons (Fsp3) is 0.786. The number of amides is 1. The first-order chi connectivity index (χ1) is 8.31. The summed E-state index contributed by atoms with van der Waals surface area (Å²) in [6, 6.07) is 0.0917. The van der Waals surface area contributed by atoms with Crippen LogP contribution in [0.25, 0.3) is 0 Å². The molecule has 0 bridgehead atoms. The molecule has 2 unspecified atom stereocenters. The van der Waals surface area contributed by atoms with Crippen LogP contribution in [0, 0.1) is 5.92 Å². The number of hydrogen-bond acceptors (Lipinski definition) is 2. The van der Waals surface area contributed by atoms with Crippen LogP contribution in [0.3, 0.4) is 0 Å². The van der Waals surface area contributed by atoms with Gasteiger partial charge in [-0.1, -0.05) is 19.1 Å². The number of nitrogens with zero attached hydrogens (tertiary/aromatic N) is 1. The van der Waals surface area contributed by atoms with Gasteiger partial charge in [0.05, 0.1) is 6.04 Å². The Kier molecular flexibility index (Phi) is 4.60. The molecule has 1 aliphatic heterocycles. The Morgan fingerprint density at radius 1 is 1.41 bits per heavy atom. The van der Waals surface area contributed by atoms with Crippen molar-refractivity contribution >= 4 is 5.91 Å². The molecule has 2 atom stereocenters. The number of hydrogen-bond donors (Lipinski definition) is 1. The van der Waals surface area contributed by atoms with E-state index < -0.39 is 0 Å². The Bertz CT molecular complexity index is 288. The van der Waals surface area contributed by atoms with Gasteiger partial charge in [-0.2, -0.15) is 0 Å². The van der Waals surface area contributed by atoms with E-state index in [0.717, 1.165) is 38.9 Å². The van der Waals surface area contributed by atoms with Crippen molar-refractivity contribution in [2.45, 2.75) is 45.1 Å². The van der Waals surface area contributed by atoms with Gasteiger partial charge >= 0.3 is 0 Å². The highest BCUT2D eigenvalue weighted by Gasteiger charge is 2.31. The summed E-state index contributed by atoms with van der Waals surface area (Å²) in [4.78, 5) is 14.2. The fourth-order valence-electron chi connectivity index (χ4n) is 2.76. The van der Waals surface area contributed by atoms with E-state index >= 15 is 0 Å². The van der Waals surface area contributed by atoms with Gasteiger partial charge in [-0.05, 0) is 44.6 Å². The van der Waals surface area contributed by atoms with Gasteiger partial charge in [0.15, 0.2) is 0 Å². The number of carbonyl (C=O) groups excluding carboxylic acids is 1. The van der Waals surface area contributed by atoms with Crippen molar-refractivity contribution < 1.29 is 4.79 Å². The lowest BCUT2D eigenvalue weighted by Crippen LogP contribution is -2.40. The molecule has 0 aromatic heterocycles. The molecule has 0 aromatic rings. The van der Waals surface area contributed by atoms with Crippen LogP contribution in [0.4, 0.5) is 0 Å². The maximum atomic E-state index is 12.1. The van der Waals surface area contributed by atoms with Crippen molar-refractivity contribution in [3.8, 4) is 0 Å². The van der Waals surface area contributed by atoms with Gasteiger partial charge in [0.2, 0.25) is 5.91 Å². The average molecular weight is 236 g/mol. The predicted molar refractivity (Wildman–Crippen MR) is 69.8 cm³/mol. The van der Waals surface area contributed by atoms with Crippen molar-refractivity contribution in [1.29, 1.82) is 0 Å². The SMILES string of the molecule is CCCNC1CCN(CC2CC=CCC2)C1=O.